The van der Waals surface area contributed by atoms with Crippen LogP contribution in [0.15, 0.2) is 65.0 Å². The highest BCUT2D eigenvalue weighted by molar-refractivity contribution is 7.89. The van der Waals surface area contributed by atoms with Crippen molar-refractivity contribution in [3.8, 4) is 0 Å². The van der Waals surface area contributed by atoms with Gasteiger partial charge in [-0.25, -0.2) is 13.2 Å². The molecule has 0 aliphatic carbocycles. The fraction of sp³-hybridized carbons (Fsp3) is 0.292. The van der Waals surface area contributed by atoms with Gasteiger partial charge in [-0.1, -0.05) is 17.4 Å². The summed E-state index contributed by atoms with van der Waals surface area (Å²) >= 11 is 1.27. The van der Waals surface area contributed by atoms with Gasteiger partial charge in [0.1, 0.15) is 0 Å². The first-order valence-electron chi connectivity index (χ1n) is 10.7. The number of hydrogen-bond acceptors (Lipinski definition) is 6. The number of rotatable bonds is 8. The van der Waals surface area contributed by atoms with E-state index in [1.165, 1.54) is 47.0 Å². The Morgan fingerprint density at radius 3 is 2.41 bits per heavy atom. The zero-order valence-corrected chi connectivity index (χ0v) is 21.1. The minimum absolute atomic E-state index is 0.107. The van der Waals surface area contributed by atoms with E-state index in [1.54, 1.807) is 45.0 Å². The minimum Gasteiger partial charge on any atom is -0.462 e. The average molecular weight is 502 g/mol. The number of ether oxygens (including phenoxy) is 1. The number of hydrogen-bond donors (Lipinski definition) is 0. The number of thiazole rings is 1. The number of carbonyl (C=O) groups excluding carboxylic acids is 2. The second kappa shape index (κ2) is 10.5. The van der Waals surface area contributed by atoms with E-state index in [0.29, 0.717) is 16.9 Å². The molecular weight excluding hydrogens is 474 g/mol. The van der Waals surface area contributed by atoms with Gasteiger partial charge >= 0.3 is 5.97 Å². The molecule has 0 spiro atoms. The molecule has 1 aromatic heterocycles. The average Bonchev–Trinajstić information content (AvgIpc) is 3.15. The van der Waals surface area contributed by atoms with Gasteiger partial charge in [0.05, 0.1) is 27.3 Å². The van der Waals surface area contributed by atoms with Gasteiger partial charge in [-0.05, 0) is 63.2 Å². The minimum atomic E-state index is -3.65. The molecular formula is C24H27N3O5S2. The summed E-state index contributed by atoms with van der Waals surface area (Å²) in [4.78, 5) is 29.8. The number of allylic oxidation sites excluding steroid dienone is 1. The Morgan fingerprint density at radius 1 is 1.18 bits per heavy atom. The van der Waals surface area contributed by atoms with E-state index >= 15 is 0 Å². The number of nitrogens with zero attached hydrogens (tertiary/aromatic N) is 3. The Morgan fingerprint density at radius 2 is 1.82 bits per heavy atom. The molecule has 0 bridgehead atoms. The molecule has 3 rings (SSSR count). The lowest BCUT2D eigenvalue weighted by atomic mass is 10.2. The van der Waals surface area contributed by atoms with Gasteiger partial charge in [-0.15, -0.1) is 6.58 Å². The molecule has 0 aliphatic rings. The van der Waals surface area contributed by atoms with Gasteiger partial charge in [0.15, 0.2) is 4.80 Å². The first kappa shape index (κ1) is 25.5. The Kier molecular flexibility index (Phi) is 7.86. The molecule has 34 heavy (non-hydrogen) atoms. The van der Waals surface area contributed by atoms with Crippen molar-refractivity contribution < 1.29 is 22.7 Å². The van der Waals surface area contributed by atoms with Crippen LogP contribution in [-0.4, -0.2) is 48.9 Å². The molecule has 8 nitrogen and oxygen atoms in total. The topological polar surface area (TPSA) is 98.0 Å². The first-order chi connectivity index (χ1) is 16.1. The quantitative estimate of drug-likeness (QED) is 0.345. The molecule has 0 unspecified atom stereocenters. The Balaban J connectivity index is 1.99. The summed E-state index contributed by atoms with van der Waals surface area (Å²) in [5.74, 6) is -0.920. The first-order valence-corrected chi connectivity index (χ1v) is 12.9. The van der Waals surface area contributed by atoms with Crippen LogP contribution >= 0.6 is 11.3 Å². The van der Waals surface area contributed by atoms with E-state index in [0.717, 1.165) is 10.2 Å². The number of amides is 1. The van der Waals surface area contributed by atoms with Crippen LogP contribution in [0.1, 0.15) is 41.5 Å². The smallest absolute Gasteiger partial charge is 0.338 e. The van der Waals surface area contributed by atoms with Crippen molar-refractivity contribution in [1.82, 2.24) is 8.87 Å². The molecule has 0 N–H and O–H groups in total. The van der Waals surface area contributed by atoms with Crippen LogP contribution in [0.2, 0.25) is 0 Å². The van der Waals surface area contributed by atoms with Crippen LogP contribution in [0.4, 0.5) is 0 Å². The highest BCUT2D eigenvalue weighted by Crippen LogP contribution is 2.21. The van der Waals surface area contributed by atoms with E-state index < -0.39 is 21.9 Å². The molecule has 0 saturated carbocycles. The number of esters is 1. The van der Waals surface area contributed by atoms with E-state index in [1.807, 2.05) is 4.57 Å². The van der Waals surface area contributed by atoms with E-state index in [4.69, 9.17) is 4.74 Å². The number of benzene rings is 2. The number of sulfonamides is 1. The molecule has 0 radical (unpaired) electrons. The lowest BCUT2D eigenvalue weighted by Gasteiger charge is -2.20. The van der Waals surface area contributed by atoms with E-state index in [9.17, 15) is 18.0 Å². The molecule has 1 amide bonds. The highest BCUT2D eigenvalue weighted by atomic mass is 32.2. The van der Waals surface area contributed by atoms with Crippen LogP contribution < -0.4 is 4.80 Å². The number of fused-ring (bicyclic) bond motifs is 1. The molecule has 0 aliphatic heterocycles. The van der Waals surface area contributed by atoms with Crippen molar-refractivity contribution in [2.24, 2.45) is 4.99 Å². The fourth-order valence-electron chi connectivity index (χ4n) is 3.17. The third-order valence-electron chi connectivity index (χ3n) is 5.21. The third-order valence-corrected chi connectivity index (χ3v) is 8.30. The summed E-state index contributed by atoms with van der Waals surface area (Å²) < 4.78 is 34.2. The monoisotopic (exact) mass is 501 g/mol. The molecule has 0 fully saturated rings. The van der Waals surface area contributed by atoms with Gasteiger partial charge in [0, 0.05) is 25.2 Å². The molecule has 2 aromatic carbocycles. The highest BCUT2D eigenvalue weighted by Gasteiger charge is 2.23. The van der Waals surface area contributed by atoms with Crippen LogP contribution in [0, 0.1) is 0 Å². The summed E-state index contributed by atoms with van der Waals surface area (Å²) in [6, 6.07) is 10.7. The summed E-state index contributed by atoms with van der Waals surface area (Å²) in [6.45, 7) is 9.78. The van der Waals surface area contributed by atoms with Crippen molar-refractivity contribution in [3.63, 3.8) is 0 Å². The van der Waals surface area contributed by atoms with Gasteiger partial charge in [-0.3, -0.25) is 4.79 Å². The second-order valence-corrected chi connectivity index (χ2v) is 10.7. The van der Waals surface area contributed by atoms with E-state index in [-0.39, 0.29) is 23.1 Å². The van der Waals surface area contributed by atoms with Gasteiger partial charge in [-0.2, -0.15) is 9.30 Å². The van der Waals surface area contributed by atoms with Crippen molar-refractivity contribution in [3.05, 3.63) is 71.0 Å². The summed E-state index contributed by atoms with van der Waals surface area (Å²) in [7, 11) is -2.13. The normalized spacial score (nSPS) is 12.5. The van der Waals surface area contributed by atoms with Crippen LogP contribution in [0.25, 0.3) is 10.2 Å². The molecule has 0 saturated heterocycles. The Bertz CT molecular complexity index is 1400. The molecule has 180 valence electrons. The molecule has 10 heteroatoms. The summed E-state index contributed by atoms with van der Waals surface area (Å²) in [5, 5.41) is 0. The van der Waals surface area contributed by atoms with Crippen LogP contribution in [0.5, 0.6) is 0 Å². The lowest BCUT2D eigenvalue weighted by molar-refractivity contribution is 0.0526. The van der Waals surface area contributed by atoms with Crippen molar-refractivity contribution in [2.75, 3.05) is 13.7 Å². The van der Waals surface area contributed by atoms with Crippen LogP contribution in [0.3, 0.4) is 0 Å². The maximum absolute atomic E-state index is 12.9. The van der Waals surface area contributed by atoms with E-state index in [2.05, 4.69) is 11.6 Å². The SMILES string of the molecule is C=CCn1c(=NC(=O)c2ccc(S(=O)(=O)N(C)C(C)C)cc2)sc2cc(C(=O)OCC)ccc21. The van der Waals surface area contributed by atoms with Crippen molar-refractivity contribution in [1.29, 1.82) is 0 Å². The van der Waals surface area contributed by atoms with Crippen molar-refractivity contribution in [2.45, 2.75) is 38.3 Å². The number of aromatic nitrogens is 1. The molecule has 0 atom stereocenters. The van der Waals surface area contributed by atoms with Gasteiger partial charge < -0.3 is 9.30 Å². The zero-order valence-electron chi connectivity index (χ0n) is 19.5. The van der Waals surface area contributed by atoms with Crippen LogP contribution in [-0.2, 0) is 21.3 Å². The largest absolute Gasteiger partial charge is 0.462 e. The summed E-state index contributed by atoms with van der Waals surface area (Å²) in [6.07, 6.45) is 1.69. The Labute approximate surface area is 202 Å². The summed E-state index contributed by atoms with van der Waals surface area (Å²) in [5.41, 5.74) is 1.49. The lowest BCUT2D eigenvalue weighted by Crippen LogP contribution is -2.33. The second-order valence-electron chi connectivity index (χ2n) is 7.74. The third kappa shape index (κ3) is 5.19. The molecule has 3 aromatic rings. The standard InChI is InChI=1S/C24H27N3O5S2/c1-6-14-27-20-13-10-18(23(29)32-7-2)15-21(20)33-24(27)25-22(28)17-8-11-19(12-9-17)34(30,31)26(5)16(3)4/h6,8-13,15-16H,1,7,14H2,2-5H3. The molecule has 1 heterocycles. The fourth-order valence-corrected chi connectivity index (χ4v) is 5.61. The maximum Gasteiger partial charge on any atom is 0.338 e. The zero-order chi connectivity index (χ0) is 25.0. The van der Waals surface area contributed by atoms with Gasteiger partial charge in [0.2, 0.25) is 10.0 Å². The van der Waals surface area contributed by atoms with Gasteiger partial charge in [0.25, 0.3) is 5.91 Å². The number of carbonyl (C=O) groups is 2. The maximum atomic E-state index is 12.9. The predicted octanol–water partition coefficient (Wildman–Crippen LogP) is 3.84. The van der Waals surface area contributed by atoms with Crippen molar-refractivity contribution >= 4 is 43.5 Å². The predicted molar refractivity (Wildman–Crippen MR) is 132 cm³/mol. The Hall–Kier alpha value is -3.08.